The Morgan fingerprint density at radius 3 is 2.83 bits per heavy atom. The number of pyridine rings is 1. The number of fused-ring (bicyclic) bond motifs is 3. The lowest BCUT2D eigenvalue weighted by Gasteiger charge is -2.51. The highest BCUT2D eigenvalue weighted by atomic mass is 16.3. The number of phenolic OH excluding ortho intramolecular Hbond substituents is 1. The molecule has 1 aliphatic heterocycles. The Labute approximate surface area is 178 Å². The Balaban J connectivity index is 1.45. The van der Waals surface area contributed by atoms with Crippen LogP contribution in [0.1, 0.15) is 41.6 Å². The van der Waals surface area contributed by atoms with Crippen LogP contribution >= 0.6 is 0 Å². The Morgan fingerprint density at radius 1 is 1.13 bits per heavy atom. The second-order valence-corrected chi connectivity index (χ2v) is 9.98. The highest BCUT2D eigenvalue weighted by molar-refractivity contribution is 5.82. The summed E-state index contributed by atoms with van der Waals surface area (Å²) in [4.78, 5) is 7.92. The highest BCUT2D eigenvalue weighted by Gasteiger charge is 2.48. The van der Waals surface area contributed by atoms with Crippen LogP contribution < -0.4 is 0 Å². The second-order valence-electron chi connectivity index (χ2n) is 9.98. The molecule has 154 valence electrons. The molecule has 3 nitrogen and oxygen atoms in total. The zero-order chi connectivity index (χ0) is 20.3. The van der Waals surface area contributed by atoms with Gasteiger partial charge in [0.15, 0.2) is 0 Å². The maximum Gasteiger partial charge on any atom is 0.115 e. The van der Waals surface area contributed by atoms with E-state index in [1.165, 1.54) is 47.2 Å². The van der Waals surface area contributed by atoms with Gasteiger partial charge in [0, 0.05) is 36.0 Å². The number of hydrogen-bond acceptors (Lipinski definition) is 3. The van der Waals surface area contributed by atoms with Crippen LogP contribution in [-0.4, -0.2) is 34.6 Å². The highest BCUT2D eigenvalue weighted by Crippen LogP contribution is 2.49. The van der Waals surface area contributed by atoms with E-state index in [0.717, 1.165) is 43.8 Å². The van der Waals surface area contributed by atoms with Crippen LogP contribution in [0.3, 0.4) is 0 Å². The summed E-state index contributed by atoms with van der Waals surface area (Å²) in [6.45, 7) is 5.76. The molecule has 2 aliphatic carbocycles. The molecular formula is C27H30N2O. The van der Waals surface area contributed by atoms with Crippen LogP contribution in [0.15, 0.2) is 48.5 Å². The van der Waals surface area contributed by atoms with Crippen molar-refractivity contribution in [2.75, 3.05) is 19.6 Å². The maximum atomic E-state index is 10.3. The van der Waals surface area contributed by atoms with Crippen LogP contribution in [-0.2, 0) is 18.3 Å². The number of aromatic hydroxyl groups is 1. The van der Waals surface area contributed by atoms with E-state index in [9.17, 15) is 5.11 Å². The van der Waals surface area contributed by atoms with Crippen molar-refractivity contribution >= 4 is 10.9 Å². The average Bonchev–Trinajstić information content (AvgIpc) is 3.55. The molecule has 3 aromatic rings. The van der Waals surface area contributed by atoms with E-state index in [-0.39, 0.29) is 5.41 Å². The summed E-state index contributed by atoms with van der Waals surface area (Å²) in [5.74, 6) is 1.89. The summed E-state index contributed by atoms with van der Waals surface area (Å²) in [7, 11) is 0. The van der Waals surface area contributed by atoms with Gasteiger partial charge in [-0.2, -0.15) is 0 Å². The fourth-order valence-electron chi connectivity index (χ4n) is 6.08. The first kappa shape index (κ1) is 18.4. The van der Waals surface area contributed by atoms with E-state index in [1.807, 2.05) is 12.1 Å². The van der Waals surface area contributed by atoms with Crippen LogP contribution in [0.5, 0.6) is 5.75 Å². The average molecular weight is 399 g/mol. The van der Waals surface area contributed by atoms with Gasteiger partial charge in [-0.05, 0) is 85.9 Å². The lowest BCUT2D eigenvalue weighted by atomic mass is 9.58. The monoisotopic (exact) mass is 398 g/mol. The third-order valence-electron chi connectivity index (χ3n) is 7.93. The molecule has 0 spiro atoms. The van der Waals surface area contributed by atoms with Crippen LogP contribution in [0.4, 0.5) is 0 Å². The van der Waals surface area contributed by atoms with E-state index < -0.39 is 0 Å². The quantitative estimate of drug-likeness (QED) is 0.673. The first-order chi connectivity index (χ1) is 14.6. The predicted octanol–water partition coefficient (Wildman–Crippen LogP) is 5.02. The summed E-state index contributed by atoms with van der Waals surface area (Å²) in [6, 6.07) is 17.0. The van der Waals surface area contributed by atoms with Gasteiger partial charge in [0.1, 0.15) is 5.75 Å². The van der Waals surface area contributed by atoms with Gasteiger partial charge in [0.05, 0.1) is 5.52 Å². The molecule has 0 amide bonds. The number of phenols is 1. The van der Waals surface area contributed by atoms with Crippen molar-refractivity contribution in [2.24, 2.45) is 11.8 Å². The number of aryl methyl sites for hydroxylation is 1. The number of hydrogen-bond donors (Lipinski definition) is 1. The van der Waals surface area contributed by atoms with Gasteiger partial charge < -0.3 is 10.0 Å². The van der Waals surface area contributed by atoms with Crippen molar-refractivity contribution in [3.05, 3.63) is 70.9 Å². The zero-order valence-corrected chi connectivity index (χ0v) is 17.8. The standard InChI is InChI=1S/C27H30N2O/c1-18-4-2-5-20-12-21-13-23-17-29(16-19-8-9-19)11-10-27(23,15-25(21)28-26(18)20)22-6-3-7-24(30)14-22/h2-7,12,14,19,23,30H,8-11,13,15-17H2,1H3/t23-,27-/m0/s1. The third kappa shape index (κ3) is 3.02. The Kier molecular flexibility index (Phi) is 4.18. The van der Waals surface area contributed by atoms with Crippen molar-refractivity contribution < 1.29 is 5.11 Å². The molecule has 1 N–H and O–H groups in total. The van der Waals surface area contributed by atoms with Crippen molar-refractivity contribution in [1.29, 1.82) is 0 Å². The SMILES string of the molecule is Cc1cccc2cc3c(nc12)C[C@]1(c2cccc(O)c2)CCN(CC2CC2)C[C@@H]1C3. The molecule has 1 saturated carbocycles. The van der Waals surface area contributed by atoms with Gasteiger partial charge in [-0.15, -0.1) is 0 Å². The van der Waals surface area contributed by atoms with Crippen molar-refractivity contribution in [1.82, 2.24) is 9.88 Å². The van der Waals surface area contributed by atoms with E-state index in [0.29, 0.717) is 11.7 Å². The first-order valence-corrected chi connectivity index (χ1v) is 11.5. The molecule has 1 aromatic heterocycles. The molecule has 2 atom stereocenters. The smallest absolute Gasteiger partial charge is 0.115 e. The van der Waals surface area contributed by atoms with Crippen molar-refractivity contribution in [2.45, 2.75) is 44.4 Å². The molecule has 2 aromatic carbocycles. The summed E-state index contributed by atoms with van der Waals surface area (Å²) in [6.07, 6.45) is 6.05. The number of nitrogens with zero attached hydrogens (tertiary/aromatic N) is 2. The molecule has 2 fully saturated rings. The van der Waals surface area contributed by atoms with Crippen molar-refractivity contribution in [3.8, 4) is 5.75 Å². The lowest BCUT2D eigenvalue weighted by Crippen LogP contribution is -2.54. The van der Waals surface area contributed by atoms with E-state index >= 15 is 0 Å². The van der Waals surface area contributed by atoms with E-state index in [2.05, 4.69) is 42.2 Å². The number of para-hydroxylation sites is 1. The van der Waals surface area contributed by atoms with Gasteiger partial charge in [0.25, 0.3) is 0 Å². The van der Waals surface area contributed by atoms with E-state index in [4.69, 9.17) is 4.98 Å². The minimum Gasteiger partial charge on any atom is -0.508 e. The minimum absolute atomic E-state index is 0.0785. The number of benzene rings is 2. The molecule has 0 radical (unpaired) electrons. The Morgan fingerprint density at radius 2 is 2.00 bits per heavy atom. The molecule has 0 unspecified atom stereocenters. The number of rotatable bonds is 3. The molecule has 1 saturated heterocycles. The minimum atomic E-state index is 0.0785. The second kappa shape index (κ2) is 6.81. The normalized spacial score (nSPS) is 26.4. The van der Waals surface area contributed by atoms with Crippen LogP contribution in [0.25, 0.3) is 10.9 Å². The first-order valence-electron chi connectivity index (χ1n) is 11.5. The molecule has 0 bridgehead atoms. The number of likely N-dealkylation sites (tertiary alicyclic amines) is 1. The molecule has 30 heavy (non-hydrogen) atoms. The molecule has 6 rings (SSSR count). The molecule has 3 heteroatoms. The predicted molar refractivity (Wildman–Crippen MR) is 121 cm³/mol. The fourth-order valence-corrected chi connectivity index (χ4v) is 6.08. The van der Waals surface area contributed by atoms with Gasteiger partial charge in [-0.3, -0.25) is 4.98 Å². The topological polar surface area (TPSA) is 36.4 Å². The molecule has 3 aliphatic rings. The van der Waals surface area contributed by atoms with E-state index in [1.54, 1.807) is 6.07 Å². The number of aromatic nitrogens is 1. The Hall–Kier alpha value is -2.39. The zero-order valence-electron chi connectivity index (χ0n) is 17.8. The molecular weight excluding hydrogens is 368 g/mol. The van der Waals surface area contributed by atoms with Gasteiger partial charge in [-0.25, -0.2) is 0 Å². The summed E-state index contributed by atoms with van der Waals surface area (Å²) in [5.41, 5.74) is 6.48. The van der Waals surface area contributed by atoms with Gasteiger partial charge >= 0.3 is 0 Å². The summed E-state index contributed by atoms with van der Waals surface area (Å²) < 4.78 is 0. The Bertz CT molecular complexity index is 1120. The fraction of sp³-hybridized carbons (Fsp3) is 0.444. The summed E-state index contributed by atoms with van der Waals surface area (Å²) in [5, 5.41) is 11.5. The molecule has 2 heterocycles. The van der Waals surface area contributed by atoms with Crippen LogP contribution in [0, 0.1) is 18.8 Å². The van der Waals surface area contributed by atoms with Gasteiger partial charge in [0.2, 0.25) is 0 Å². The maximum absolute atomic E-state index is 10.3. The van der Waals surface area contributed by atoms with Crippen LogP contribution in [0.2, 0.25) is 0 Å². The van der Waals surface area contributed by atoms with Gasteiger partial charge in [-0.1, -0.05) is 30.3 Å². The number of piperidine rings is 1. The largest absolute Gasteiger partial charge is 0.508 e. The summed E-state index contributed by atoms with van der Waals surface area (Å²) >= 11 is 0. The van der Waals surface area contributed by atoms with Crippen molar-refractivity contribution in [3.63, 3.8) is 0 Å². The lowest BCUT2D eigenvalue weighted by molar-refractivity contribution is 0.0777. The third-order valence-corrected chi connectivity index (χ3v) is 7.93.